The Hall–Kier alpha value is -1.58. The monoisotopic (exact) mass is 284 g/mol. The molecule has 0 amide bonds. The first kappa shape index (κ1) is 13.4. The van der Waals surface area contributed by atoms with E-state index in [0.717, 1.165) is 19.4 Å². The van der Waals surface area contributed by atoms with Gasteiger partial charge in [-0.1, -0.05) is 19.1 Å². The van der Waals surface area contributed by atoms with Crippen LogP contribution >= 0.6 is 11.3 Å². The van der Waals surface area contributed by atoms with Gasteiger partial charge in [-0.25, -0.2) is 0 Å². The Morgan fingerprint density at radius 2 is 2.15 bits per heavy atom. The van der Waals surface area contributed by atoms with E-state index in [-0.39, 0.29) is 6.04 Å². The van der Waals surface area contributed by atoms with E-state index in [1.807, 2.05) is 0 Å². The van der Waals surface area contributed by atoms with Crippen LogP contribution in [0.15, 0.2) is 48.0 Å². The number of rotatable bonds is 5. The van der Waals surface area contributed by atoms with Gasteiger partial charge in [-0.3, -0.25) is 0 Å². The third-order valence-electron chi connectivity index (χ3n) is 3.76. The van der Waals surface area contributed by atoms with Crippen LogP contribution in [0.2, 0.25) is 0 Å². The number of nitrogens with zero attached hydrogens (tertiary/aromatic N) is 1. The molecule has 1 aromatic carbocycles. The highest BCUT2D eigenvalue weighted by molar-refractivity contribution is 7.09. The molecule has 3 aromatic rings. The van der Waals surface area contributed by atoms with Crippen LogP contribution < -0.4 is 5.73 Å². The molecule has 1 unspecified atom stereocenters. The smallest absolute Gasteiger partial charge is 0.0569 e. The molecule has 0 aliphatic carbocycles. The summed E-state index contributed by atoms with van der Waals surface area (Å²) >= 11 is 1.81. The second-order valence-corrected chi connectivity index (χ2v) is 6.32. The summed E-state index contributed by atoms with van der Waals surface area (Å²) in [5, 5.41) is 3.44. The van der Waals surface area contributed by atoms with Crippen LogP contribution in [-0.2, 0) is 13.0 Å². The lowest BCUT2D eigenvalue weighted by Gasteiger charge is -2.09. The highest BCUT2D eigenvalue weighted by Crippen LogP contribution is 2.21. The van der Waals surface area contributed by atoms with Crippen LogP contribution in [0.3, 0.4) is 0 Å². The maximum Gasteiger partial charge on any atom is 0.0569 e. The molecule has 2 N–H and O–H groups in total. The molecule has 2 aromatic heterocycles. The van der Waals surface area contributed by atoms with Gasteiger partial charge < -0.3 is 10.3 Å². The second kappa shape index (κ2) is 5.81. The lowest BCUT2D eigenvalue weighted by molar-refractivity contribution is 0.647. The molecule has 0 fully saturated rings. The number of fused-ring (bicyclic) bond motifs is 1. The molecule has 0 spiro atoms. The first-order valence-electron chi connectivity index (χ1n) is 7.12. The molecule has 3 heteroatoms. The fourth-order valence-corrected chi connectivity index (χ4v) is 3.23. The second-order valence-electron chi connectivity index (χ2n) is 5.29. The summed E-state index contributed by atoms with van der Waals surface area (Å²) in [6.45, 7) is 3.09. The van der Waals surface area contributed by atoms with Crippen LogP contribution in [0, 0.1) is 0 Å². The number of aromatic nitrogens is 1. The van der Waals surface area contributed by atoms with E-state index >= 15 is 0 Å². The third kappa shape index (κ3) is 2.79. The van der Waals surface area contributed by atoms with Crippen LogP contribution in [0.5, 0.6) is 0 Å². The molecular weight excluding hydrogens is 264 g/mol. The van der Waals surface area contributed by atoms with Crippen molar-refractivity contribution in [2.45, 2.75) is 32.4 Å². The first-order chi connectivity index (χ1) is 9.76. The van der Waals surface area contributed by atoms with Crippen LogP contribution in [0.1, 0.15) is 23.8 Å². The molecule has 3 rings (SSSR count). The van der Waals surface area contributed by atoms with Crippen molar-refractivity contribution in [2.24, 2.45) is 5.73 Å². The van der Waals surface area contributed by atoms with Gasteiger partial charge in [0.1, 0.15) is 0 Å². The number of nitrogens with two attached hydrogens (primary N) is 1. The van der Waals surface area contributed by atoms with E-state index in [0.29, 0.717) is 0 Å². The summed E-state index contributed by atoms with van der Waals surface area (Å²) in [6.07, 6.45) is 4.16. The summed E-state index contributed by atoms with van der Waals surface area (Å²) in [6, 6.07) is 13.5. The van der Waals surface area contributed by atoms with Crippen LogP contribution in [0.4, 0.5) is 0 Å². The van der Waals surface area contributed by atoms with E-state index < -0.39 is 0 Å². The topological polar surface area (TPSA) is 30.9 Å². The van der Waals surface area contributed by atoms with Crippen molar-refractivity contribution in [2.75, 3.05) is 0 Å². The van der Waals surface area contributed by atoms with Gasteiger partial charge >= 0.3 is 0 Å². The molecule has 0 saturated carbocycles. The normalized spacial score (nSPS) is 12.9. The largest absolute Gasteiger partial charge is 0.342 e. The van der Waals surface area contributed by atoms with Gasteiger partial charge in [-0.2, -0.15) is 0 Å². The minimum absolute atomic E-state index is 0.264. The van der Waals surface area contributed by atoms with Crippen molar-refractivity contribution in [3.8, 4) is 0 Å². The minimum Gasteiger partial charge on any atom is -0.342 e. The SMILES string of the molecule is CCC(N)Cc1ccc2c(ccn2Cc2cccs2)c1. The molecule has 0 aliphatic rings. The molecular formula is C17H20N2S. The summed E-state index contributed by atoms with van der Waals surface area (Å²) < 4.78 is 2.31. The first-order valence-corrected chi connectivity index (χ1v) is 8.00. The molecule has 1 atom stereocenters. The minimum atomic E-state index is 0.264. The molecule has 0 radical (unpaired) electrons. The van der Waals surface area contributed by atoms with Gasteiger partial charge in [0.05, 0.1) is 6.54 Å². The average Bonchev–Trinajstić information content (AvgIpc) is 3.09. The molecule has 104 valence electrons. The lowest BCUT2D eigenvalue weighted by Crippen LogP contribution is -2.21. The predicted octanol–water partition coefficient (Wildman–Crippen LogP) is 4.03. The zero-order valence-corrected chi connectivity index (χ0v) is 12.6. The molecule has 0 aliphatic heterocycles. The Labute approximate surface area is 123 Å². The van der Waals surface area contributed by atoms with E-state index in [9.17, 15) is 0 Å². The van der Waals surface area contributed by atoms with Crippen LogP contribution in [-0.4, -0.2) is 10.6 Å². The van der Waals surface area contributed by atoms with Gasteiger partial charge in [0.2, 0.25) is 0 Å². The molecule has 2 nitrogen and oxygen atoms in total. The van der Waals surface area contributed by atoms with Crippen molar-refractivity contribution in [1.29, 1.82) is 0 Å². The Morgan fingerprint density at radius 3 is 2.90 bits per heavy atom. The number of thiophene rings is 1. The highest BCUT2D eigenvalue weighted by atomic mass is 32.1. The van der Waals surface area contributed by atoms with E-state index in [4.69, 9.17) is 5.73 Å². The van der Waals surface area contributed by atoms with Crippen molar-refractivity contribution in [1.82, 2.24) is 4.57 Å². The Morgan fingerprint density at radius 1 is 1.25 bits per heavy atom. The van der Waals surface area contributed by atoms with Gasteiger partial charge in [-0.05, 0) is 53.4 Å². The standard InChI is InChI=1S/C17H20N2S/c1-2-15(18)11-13-5-6-17-14(10-13)7-8-19(17)12-16-4-3-9-20-16/h3-10,15H,2,11-12,18H2,1H3. The van der Waals surface area contributed by atoms with Crippen LogP contribution in [0.25, 0.3) is 10.9 Å². The van der Waals surface area contributed by atoms with E-state index in [1.165, 1.54) is 21.3 Å². The van der Waals surface area contributed by atoms with Gasteiger partial charge in [-0.15, -0.1) is 11.3 Å². The Bertz CT molecular complexity index is 682. The highest BCUT2D eigenvalue weighted by Gasteiger charge is 2.06. The van der Waals surface area contributed by atoms with Gasteiger partial charge in [0, 0.05) is 22.6 Å². The lowest BCUT2D eigenvalue weighted by atomic mass is 10.0. The Balaban J connectivity index is 1.86. The number of benzene rings is 1. The van der Waals surface area contributed by atoms with Crippen molar-refractivity contribution in [3.63, 3.8) is 0 Å². The zero-order valence-electron chi connectivity index (χ0n) is 11.8. The number of hydrogen-bond donors (Lipinski definition) is 1. The maximum atomic E-state index is 6.04. The number of hydrogen-bond acceptors (Lipinski definition) is 2. The average molecular weight is 284 g/mol. The van der Waals surface area contributed by atoms with Crippen molar-refractivity contribution in [3.05, 3.63) is 58.4 Å². The summed E-state index contributed by atoms with van der Waals surface area (Å²) in [5.74, 6) is 0. The molecule has 0 saturated heterocycles. The molecule has 20 heavy (non-hydrogen) atoms. The van der Waals surface area contributed by atoms with Gasteiger partial charge in [0.25, 0.3) is 0 Å². The van der Waals surface area contributed by atoms with Crippen molar-refractivity contribution < 1.29 is 0 Å². The van der Waals surface area contributed by atoms with Crippen molar-refractivity contribution >= 4 is 22.2 Å². The predicted molar refractivity (Wildman–Crippen MR) is 87.3 cm³/mol. The third-order valence-corrected chi connectivity index (χ3v) is 4.63. The van der Waals surface area contributed by atoms with E-state index in [2.05, 4.69) is 59.5 Å². The summed E-state index contributed by atoms with van der Waals surface area (Å²) in [4.78, 5) is 1.39. The summed E-state index contributed by atoms with van der Waals surface area (Å²) in [5.41, 5.74) is 8.67. The molecule has 2 heterocycles. The maximum absolute atomic E-state index is 6.04. The quantitative estimate of drug-likeness (QED) is 0.753. The fourth-order valence-electron chi connectivity index (χ4n) is 2.53. The van der Waals surface area contributed by atoms with Gasteiger partial charge in [0.15, 0.2) is 0 Å². The summed E-state index contributed by atoms with van der Waals surface area (Å²) in [7, 11) is 0. The van der Waals surface area contributed by atoms with E-state index in [1.54, 1.807) is 11.3 Å². The fraction of sp³-hybridized carbons (Fsp3) is 0.294. The zero-order chi connectivity index (χ0) is 13.9. The Kier molecular flexibility index (Phi) is 3.90. The molecule has 0 bridgehead atoms.